The predicted molar refractivity (Wildman–Crippen MR) is 103 cm³/mol. The van der Waals surface area contributed by atoms with Crippen molar-refractivity contribution in [3.8, 4) is 11.5 Å². The summed E-state index contributed by atoms with van der Waals surface area (Å²) in [5.74, 6) is 0.939. The van der Waals surface area contributed by atoms with Gasteiger partial charge in [0.15, 0.2) is 5.82 Å². The molecular weight excluding hydrogens is 366 g/mol. The van der Waals surface area contributed by atoms with E-state index in [2.05, 4.69) is 9.82 Å². The third-order valence-corrected chi connectivity index (χ3v) is 5.40. The lowest BCUT2D eigenvalue weighted by atomic mass is 10.1. The largest absolute Gasteiger partial charge is 0.497 e. The fourth-order valence-electron chi connectivity index (χ4n) is 2.57. The number of hydrogen-bond acceptors (Lipinski definition) is 5. The lowest BCUT2D eigenvalue weighted by molar-refractivity contribution is 0.386. The minimum atomic E-state index is -3.85. The minimum absolute atomic E-state index is 0.0129. The number of sulfonamides is 1. The molecule has 142 valence electrons. The quantitative estimate of drug-likeness (QED) is 0.674. The Kier molecular flexibility index (Phi) is 5.36. The molecule has 0 saturated heterocycles. The van der Waals surface area contributed by atoms with E-state index in [-0.39, 0.29) is 16.5 Å². The van der Waals surface area contributed by atoms with Gasteiger partial charge in [0.25, 0.3) is 10.0 Å². The zero-order valence-corrected chi connectivity index (χ0v) is 16.2. The fourth-order valence-corrected chi connectivity index (χ4v) is 3.72. The van der Waals surface area contributed by atoms with Crippen LogP contribution in [0.3, 0.4) is 0 Å². The van der Waals surface area contributed by atoms with Crippen LogP contribution in [0.2, 0.25) is 0 Å². The average molecular weight is 387 g/mol. The van der Waals surface area contributed by atoms with Gasteiger partial charge < -0.3 is 9.47 Å². The SMILES string of the molecule is COc1ccc(S(=O)(=O)Nc2ccn(Cc3ccc(C)cc3)n2)c(OC)c1. The Morgan fingerprint density at radius 1 is 1.04 bits per heavy atom. The summed E-state index contributed by atoms with van der Waals surface area (Å²) in [4.78, 5) is 0.0129. The monoisotopic (exact) mass is 387 g/mol. The Labute approximate surface area is 158 Å². The van der Waals surface area contributed by atoms with E-state index < -0.39 is 10.0 Å². The molecule has 0 saturated carbocycles. The van der Waals surface area contributed by atoms with E-state index in [1.165, 1.54) is 31.9 Å². The van der Waals surface area contributed by atoms with E-state index in [1.807, 2.05) is 31.2 Å². The van der Waals surface area contributed by atoms with Crippen molar-refractivity contribution in [1.29, 1.82) is 0 Å². The van der Waals surface area contributed by atoms with Crippen LogP contribution in [-0.2, 0) is 16.6 Å². The smallest absolute Gasteiger partial charge is 0.266 e. The first-order chi connectivity index (χ1) is 12.9. The normalized spacial score (nSPS) is 11.2. The Bertz CT molecular complexity index is 1030. The summed E-state index contributed by atoms with van der Waals surface area (Å²) < 4.78 is 39.8. The molecule has 3 aromatic rings. The van der Waals surface area contributed by atoms with Crippen LogP contribution in [-0.4, -0.2) is 32.4 Å². The van der Waals surface area contributed by atoms with Crippen molar-refractivity contribution in [2.45, 2.75) is 18.4 Å². The van der Waals surface area contributed by atoms with Crippen molar-refractivity contribution in [2.75, 3.05) is 18.9 Å². The van der Waals surface area contributed by atoms with E-state index in [4.69, 9.17) is 9.47 Å². The van der Waals surface area contributed by atoms with Gasteiger partial charge in [-0.25, -0.2) is 8.42 Å². The number of ether oxygens (including phenoxy) is 2. The van der Waals surface area contributed by atoms with Gasteiger partial charge in [-0.15, -0.1) is 0 Å². The van der Waals surface area contributed by atoms with Gasteiger partial charge in [-0.05, 0) is 24.6 Å². The van der Waals surface area contributed by atoms with Crippen molar-refractivity contribution in [3.63, 3.8) is 0 Å². The summed E-state index contributed by atoms with van der Waals surface area (Å²) in [7, 11) is -0.944. The standard InChI is InChI=1S/C19H21N3O4S/c1-14-4-6-15(7-5-14)13-22-11-10-19(20-22)21-27(23,24)18-9-8-16(25-2)12-17(18)26-3/h4-12H,13H2,1-3H3,(H,20,21). The number of benzene rings is 2. The molecule has 3 rings (SSSR count). The zero-order valence-electron chi connectivity index (χ0n) is 15.3. The Morgan fingerprint density at radius 3 is 2.44 bits per heavy atom. The molecule has 0 radical (unpaired) electrons. The molecule has 2 aromatic carbocycles. The van der Waals surface area contributed by atoms with Crippen molar-refractivity contribution >= 4 is 15.8 Å². The number of nitrogens with one attached hydrogen (secondary N) is 1. The van der Waals surface area contributed by atoms with E-state index in [1.54, 1.807) is 23.0 Å². The first kappa shape index (κ1) is 18.8. The van der Waals surface area contributed by atoms with Crippen molar-refractivity contribution in [2.24, 2.45) is 0 Å². The van der Waals surface area contributed by atoms with Crippen molar-refractivity contribution < 1.29 is 17.9 Å². The molecule has 0 aliphatic heterocycles. The second-order valence-corrected chi connectivity index (χ2v) is 7.66. The zero-order chi connectivity index (χ0) is 19.4. The summed E-state index contributed by atoms with van der Waals surface area (Å²) in [5, 5.41) is 4.29. The molecule has 0 unspecified atom stereocenters. The predicted octanol–water partition coefficient (Wildman–Crippen LogP) is 3.06. The number of anilines is 1. The number of aryl methyl sites for hydroxylation is 1. The van der Waals surface area contributed by atoms with Gasteiger partial charge >= 0.3 is 0 Å². The lowest BCUT2D eigenvalue weighted by Crippen LogP contribution is -2.15. The van der Waals surface area contributed by atoms with Gasteiger partial charge in [0.05, 0.1) is 20.8 Å². The maximum atomic E-state index is 12.7. The second-order valence-electron chi connectivity index (χ2n) is 6.01. The minimum Gasteiger partial charge on any atom is -0.497 e. The van der Waals surface area contributed by atoms with Crippen LogP contribution in [0.5, 0.6) is 11.5 Å². The van der Waals surface area contributed by atoms with Crippen LogP contribution in [0, 0.1) is 6.92 Å². The fraction of sp³-hybridized carbons (Fsp3) is 0.211. The molecule has 7 nitrogen and oxygen atoms in total. The first-order valence-corrected chi connectivity index (χ1v) is 9.73. The summed E-state index contributed by atoms with van der Waals surface area (Å²) in [6.45, 7) is 2.58. The van der Waals surface area contributed by atoms with Gasteiger partial charge in [0, 0.05) is 18.3 Å². The topological polar surface area (TPSA) is 82.5 Å². The molecule has 0 aliphatic carbocycles. The molecule has 0 spiro atoms. The molecule has 8 heteroatoms. The highest BCUT2D eigenvalue weighted by Gasteiger charge is 2.21. The molecular formula is C19H21N3O4S. The molecule has 1 aromatic heterocycles. The molecule has 1 N–H and O–H groups in total. The van der Waals surface area contributed by atoms with Gasteiger partial charge in [-0.1, -0.05) is 29.8 Å². The number of nitrogens with zero attached hydrogens (tertiary/aromatic N) is 2. The van der Waals surface area contributed by atoms with Gasteiger partial charge in [0.2, 0.25) is 0 Å². The van der Waals surface area contributed by atoms with E-state index >= 15 is 0 Å². The highest BCUT2D eigenvalue weighted by atomic mass is 32.2. The van der Waals surface area contributed by atoms with Crippen LogP contribution >= 0.6 is 0 Å². The van der Waals surface area contributed by atoms with Crippen molar-refractivity contribution in [3.05, 3.63) is 65.9 Å². The molecule has 1 heterocycles. The lowest BCUT2D eigenvalue weighted by Gasteiger charge is -2.11. The third-order valence-electron chi connectivity index (χ3n) is 4.01. The summed E-state index contributed by atoms with van der Waals surface area (Å²) in [5.41, 5.74) is 2.26. The van der Waals surface area contributed by atoms with Crippen LogP contribution < -0.4 is 14.2 Å². The second kappa shape index (κ2) is 7.71. The maximum absolute atomic E-state index is 12.7. The van der Waals surface area contributed by atoms with Gasteiger partial charge in [-0.3, -0.25) is 9.40 Å². The summed E-state index contributed by atoms with van der Waals surface area (Å²) >= 11 is 0. The Morgan fingerprint density at radius 2 is 1.78 bits per heavy atom. The van der Waals surface area contributed by atoms with Crippen LogP contribution in [0.25, 0.3) is 0 Å². The molecule has 0 atom stereocenters. The first-order valence-electron chi connectivity index (χ1n) is 8.25. The van der Waals surface area contributed by atoms with Crippen LogP contribution in [0.15, 0.2) is 59.6 Å². The average Bonchev–Trinajstić information content (AvgIpc) is 3.09. The molecule has 0 bridgehead atoms. The van der Waals surface area contributed by atoms with E-state index in [0.29, 0.717) is 12.3 Å². The Balaban J connectivity index is 1.78. The number of methoxy groups -OCH3 is 2. The van der Waals surface area contributed by atoms with Gasteiger partial charge in [0.1, 0.15) is 16.4 Å². The summed E-state index contributed by atoms with van der Waals surface area (Å²) in [6.07, 6.45) is 1.73. The molecule has 0 aliphatic rings. The number of hydrogen-bond donors (Lipinski definition) is 1. The third kappa shape index (κ3) is 4.40. The maximum Gasteiger partial charge on any atom is 0.266 e. The molecule has 0 fully saturated rings. The number of rotatable bonds is 7. The Hall–Kier alpha value is -3.00. The van der Waals surface area contributed by atoms with E-state index in [9.17, 15) is 8.42 Å². The molecule has 0 amide bonds. The van der Waals surface area contributed by atoms with E-state index in [0.717, 1.165) is 5.56 Å². The highest BCUT2D eigenvalue weighted by molar-refractivity contribution is 7.92. The molecule has 27 heavy (non-hydrogen) atoms. The van der Waals surface area contributed by atoms with Crippen LogP contribution in [0.1, 0.15) is 11.1 Å². The summed E-state index contributed by atoms with van der Waals surface area (Å²) in [6, 6.07) is 14.2. The highest BCUT2D eigenvalue weighted by Crippen LogP contribution is 2.29. The van der Waals surface area contributed by atoms with Gasteiger partial charge in [-0.2, -0.15) is 5.10 Å². The number of aromatic nitrogens is 2. The van der Waals surface area contributed by atoms with Crippen LogP contribution in [0.4, 0.5) is 5.82 Å². The van der Waals surface area contributed by atoms with Crippen molar-refractivity contribution in [1.82, 2.24) is 9.78 Å².